The molecule has 2 aromatic heterocycles. The van der Waals surface area contributed by atoms with Gasteiger partial charge in [-0.05, 0) is 64.2 Å². The van der Waals surface area contributed by atoms with Crippen LogP contribution in [0.3, 0.4) is 0 Å². The van der Waals surface area contributed by atoms with Gasteiger partial charge >= 0.3 is 0 Å². The monoisotopic (exact) mass is 506 g/mol. The van der Waals surface area contributed by atoms with E-state index in [-0.39, 0.29) is 15.8 Å². The van der Waals surface area contributed by atoms with Crippen molar-refractivity contribution in [1.82, 2.24) is 4.98 Å². The first-order valence-corrected chi connectivity index (χ1v) is 12.9. The highest BCUT2D eigenvalue weighted by Gasteiger charge is 2.20. The minimum absolute atomic E-state index is 0.0557. The van der Waals surface area contributed by atoms with E-state index in [4.69, 9.17) is 4.42 Å². The number of thiazole rings is 1. The maximum Gasteiger partial charge on any atom is 0.263 e. The van der Waals surface area contributed by atoms with Gasteiger partial charge in [-0.25, -0.2) is 17.8 Å². The molecule has 0 saturated carbocycles. The molecule has 2 N–H and O–H groups in total. The van der Waals surface area contributed by atoms with Crippen molar-refractivity contribution < 1.29 is 22.3 Å². The Morgan fingerprint density at radius 1 is 0.971 bits per heavy atom. The van der Waals surface area contributed by atoms with Crippen LogP contribution in [0.2, 0.25) is 0 Å². The normalized spacial score (nSPS) is 12.4. The Kier molecular flexibility index (Phi) is 6.21. The number of aliphatic hydroxyl groups is 1. The number of hydrogen-bond acceptors (Lipinski definition) is 6. The van der Waals surface area contributed by atoms with Crippen LogP contribution in [-0.2, 0) is 10.0 Å². The summed E-state index contributed by atoms with van der Waals surface area (Å²) in [6.45, 7) is 0. The van der Waals surface area contributed by atoms with Crippen LogP contribution in [-0.4, -0.2) is 18.5 Å². The van der Waals surface area contributed by atoms with E-state index in [1.165, 1.54) is 48.1 Å². The summed E-state index contributed by atoms with van der Waals surface area (Å²) in [7, 11) is -3.80. The van der Waals surface area contributed by atoms with Gasteiger partial charge in [0.1, 0.15) is 11.9 Å². The van der Waals surface area contributed by atoms with Gasteiger partial charge in [0.2, 0.25) is 0 Å². The Morgan fingerprint density at radius 3 is 2.46 bits per heavy atom. The third-order valence-corrected chi connectivity index (χ3v) is 7.67. The topological polar surface area (TPSA) is 92.4 Å². The molecule has 0 aliphatic heterocycles. The largest absolute Gasteiger partial charge is 0.472 e. The third-order valence-electron chi connectivity index (χ3n) is 5.50. The van der Waals surface area contributed by atoms with Gasteiger partial charge in [-0.15, -0.1) is 11.3 Å². The van der Waals surface area contributed by atoms with Gasteiger partial charge in [-0.3, -0.25) is 4.72 Å². The molecule has 0 amide bonds. The lowest BCUT2D eigenvalue weighted by molar-refractivity contribution is 0.221. The van der Waals surface area contributed by atoms with E-state index in [1.807, 2.05) is 18.2 Å². The van der Waals surface area contributed by atoms with E-state index in [2.05, 4.69) is 9.71 Å². The van der Waals surface area contributed by atoms with Crippen molar-refractivity contribution in [3.05, 3.63) is 114 Å². The number of rotatable bonds is 7. The van der Waals surface area contributed by atoms with E-state index in [0.29, 0.717) is 16.7 Å². The Labute approximate surface area is 205 Å². The summed E-state index contributed by atoms with van der Waals surface area (Å²) in [5.74, 6) is -0.337. The second-order valence-electron chi connectivity index (χ2n) is 7.74. The zero-order chi connectivity index (χ0) is 24.4. The number of sulfonamides is 1. The van der Waals surface area contributed by atoms with Gasteiger partial charge in [0, 0.05) is 17.1 Å². The zero-order valence-electron chi connectivity index (χ0n) is 18.1. The minimum atomic E-state index is -3.80. The molecule has 1 unspecified atom stereocenters. The molecule has 9 heteroatoms. The first kappa shape index (κ1) is 23.0. The van der Waals surface area contributed by atoms with E-state index in [9.17, 15) is 17.9 Å². The quantitative estimate of drug-likeness (QED) is 0.279. The predicted octanol–water partition coefficient (Wildman–Crippen LogP) is 6.09. The Balaban J connectivity index is 1.48. The molecular weight excluding hydrogens is 487 g/mol. The van der Waals surface area contributed by atoms with Crippen LogP contribution >= 0.6 is 11.3 Å². The molecule has 5 rings (SSSR count). The maximum absolute atomic E-state index is 13.8. The fourth-order valence-electron chi connectivity index (χ4n) is 3.77. The van der Waals surface area contributed by atoms with Crippen molar-refractivity contribution in [3.8, 4) is 22.3 Å². The van der Waals surface area contributed by atoms with E-state index < -0.39 is 16.1 Å². The lowest BCUT2D eigenvalue weighted by Crippen LogP contribution is -2.13. The Hall–Kier alpha value is -3.79. The lowest BCUT2D eigenvalue weighted by atomic mass is 9.91. The van der Waals surface area contributed by atoms with Crippen LogP contribution in [0.4, 0.5) is 9.52 Å². The number of aromatic nitrogens is 1. The van der Waals surface area contributed by atoms with Crippen LogP contribution in [0.15, 0.2) is 106 Å². The van der Waals surface area contributed by atoms with Crippen molar-refractivity contribution in [2.24, 2.45) is 0 Å². The zero-order valence-corrected chi connectivity index (χ0v) is 19.8. The highest BCUT2D eigenvalue weighted by Crippen LogP contribution is 2.36. The molecule has 176 valence electrons. The molecule has 35 heavy (non-hydrogen) atoms. The van der Waals surface area contributed by atoms with Crippen molar-refractivity contribution >= 4 is 26.5 Å². The lowest BCUT2D eigenvalue weighted by Gasteiger charge is -2.17. The molecule has 0 radical (unpaired) electrons. The molecule has 5 aromatic rings. The summed E-state index contributed by atoms with van der Waals surface area (Å²) in [6, 6.07) is 19.5. The van der Waals surface area contributed by atoms with Crippen molar-refractivity contribution in [2.45, 2.75) is 11.0 Å². The summed E-state index contributed by atoms with van der Waals surface area (Å²) >= 11 is 1.18. The number of furan rings is 1. The van der Waals surface area contributed by atoms with Gasteiger partial charge in [0.15, 0.2) is 5.13 Å². The number of halogens is 1. The average molecular weight is 507 g/mol. The standard InChI is InChI=1S/C26H19FN2O4S2/c27-21-3-1-2-18(14-21)19-6-9-23(24(15-19)20-10-12-33-16-20)25(30)17-4-7-22(8-5-17)35(31,32)29-26-28-11-13-34-26/h1-16,25,30H,(H,28,29). The van der Waals surface area contributed by atoms with Crippen LogP contribution in [0.25, 0.3) is 22.3 Å². The van der Waals surface area contributed by atoms with Gasteiger partial charge in [-0.1, -0.05) is 36.4 Å². The molecular formula is C26H19FN2O4S2. The molecule has 2 heterocycles. The molecule has 0 aliphatic rings. The smallest absolute Gasteiger partial charge is 0.263 e. The number of nitrogens with one attached hydrogen (secondary N) is 1. The molecule has 0 spiro atoms. The highest BCUT2D eigenvalue weighted by molar-refractivity contribution is 7.93. The molecule has 0 bridgehead atoms. The maximum atomic E-state index is 13.8. The predicted molar refractivity (Wildman–Crippen MR) is 133 cm³/mol. The summed E-state index contributed by atoms with van der Waals surface area (Å²) < 4.78 is 46.7. The van der Waals surface area contributed by atoms with Crippen molar-refractivity contribution in [1.29, 1.82) is 0 Å². The fourth-order valence-corrected chi connectivity index (χ4v) is 5.56. The molecule has 6 nitrogen and oxygen atoms in total. The fraction of sp³-hybridized carbons (Fsp3) is 0.0385. The molecule has 0 fully saturated rings. The van der Waals surface area contributed by atoms with E-state index in [0.717, 1.165) is 16.7 Å². The highest BCUT2D eigenvalue weighted by atomic mass is 32.2. The summed E-state index contributed by atoms with van der Waals surface area (Å²) in [4.78, 5) is 4.00. The number of benzene rings is 3. The summed E-state index contributed by atoms with van der Waals surface area (Å²) in [6.07, 6.45) is 3.58. The van der Waals surface area contributed by atoms with Crippen LogP contribution in [0.5, 0.6) is 0 Å². The first-order valence-electron chi connectivity index (χ1n) is 10.5. The van der Waals surface area contributed by atoms with Crippen LogP contribution in [0, 0.1) is 5.82 Å². The van der Waals surface area contributed by atoms with Crippen molar-refractivity contribution in [2.75, 3.05) is 4.72 Å². The SMILES string of the molecule is O=S(=O)(Nc1nccs1)c1ccc(C(O)c2ccc(-c3cccc(F)c3)cc2-c2ccoc2)cc1. The molecule has 1 atom stereocenters. The molecule has 0 aliphatic carbocycles. The number of hydrogen-bond donors (Lipinski definition) is 2. The Morgan fingerprint density at radius 2 is 1.77 bits per heavy atom. The van der Waals surface area contributed by atoms with E-state index >= 15 is 0 Å². The van der Waals surface area contributed by atoms with Gasteiger partial charge in [0.05, 0.1) is 17.4 Å². The molecule has 0 saturated heterocycles. The average Bonchev–Trinajstić information content (AvgIpc) is 3.58. The van der Waals surface area contributed by atoms with E-state index in [1.54, 1.807) is 42.0 Å². The first-order chi connectivity index (χ1) is 16.9. The third kappa shape index (κ3) is 4.88. The number of nitrogens with zero attached hydrogens (tertiary/aromatic N) is 1. The Bertz CT molecular complexity index is 1550. The summed E-state index contributed by atoms with van der Waals surface area (Å²) in [5.41, 5.74) is 4.08. The summed E-state index contributed by atoms with van der Waals surface area (Å²) in [5, 5.41) is 13.2. The van der Waals surface area contributed by atoms with Gasteiger partial charge in [-0.2, -0.15) is 0 Å². The van der Waals surface area contributed by atoms with Crippen LogP contribution < -0.4 is 4.72 Å². The molecule has 3 aromatic carbocycles. The number of anilines is 1. The van der Waals surface area contributed by atoms with Gasteiger partial charge < -0.3 is 9.52 Å². The second-order valence-corrected chi connectivity index (χ2v) is 10.3. The van der Waals surface area contributed by atoms with Crippen LogP contribution in [0.1, 0.15) is 17.2 Å². The number of aliphatic hydroxyl groups excluding tert-OH is 1. The van der Waals surface area contributed by atoms with Crippen molar-refractivity contribution in [3.63, 3.8) is 0 Å². The van der Waals surface area contributed by atoms with Gasteiger partial charge in [0.25, 0.3) is 10.0 Å². The second kappa shape index (κ2) is 9.46. The minimum Gasteiger partial charge on any atom is -0.472 e.